The molecule has 3 heterocycles. The molecule has 2 aromatic carbocycles. The molecule has 4 aromatic rings. The smallest absolute Gasteiger partial charge is 0.229 e. The summed E-state index contributed by atoms with van der Waals surface area (Å²) in [5, 5.41) is 9.44. The van der Waals surface area contributed by atoms with Gasteiger partial charge in [-0.2, -0.15) is 4.98 Å². The molecule has 5 rings (SSSR count). The molecule has 43 heavy (non-hydrogen) atoms. The van der Waals surface area contributed by atoms with Crippen LogP contribution in [0.1, 0.15) is 47.5 Å². The molecule has 0 amide bonds. The highest BCUT2D eigenvalue weighted by atomic mass is 32.1. The van der Waals surface area contributed by atoms with Crippen molar-refractivity contribution in [3.05, 3.63) is 53.9 Å². The van der Waals surface area contributed by atoms with Crippen molar-refractivity contribution in [1.29, 1.82) is 0 Å². The zero-order chi connectivity index (χ0) is 30.9. The van der Waals surface area contributed by atoms with Gasteiger partial charge in [0.15, 0.2) is 5.82 Å². The van der Waals surface area contributed by atoms with Crippen LogP contribution in [0.2, 0.25) is 0 Å². The molecule has 1 aliphatic heterocycles. The standard InChI is InChI=1S/C33H45N6O2PS/c1-22(2)42(40,33(3,4)5)29-12-10-9-11-26(29)34-31-30-27(17-20-43-30)36-32(37-31)35-25-14-13-24(21-28(25)41-8)39-18-15-23(16-19-39)38(6)7/h9-14,17,20-23H,15-16,18-19H2,1-8H3,(H2,34,35,36,37). The second-order valence-corrected chi connectivity index (χ2v) is 17.9. The van der Waals surface area contributed by atoms with Gasteiger partial charge in [-0.05, 0) is 62.6 Å². The Balaban J connectivity index is 1.45. The van der Waals surface area contributed by atoms with Crippen LogP contribution < -0.4 is 25.6 Å². The van der Waals surface area contributed by atoms with Crippen molar-refractivity contribution in [3.63, 3.8) is 0 Å². The molecule has 8 nitrogen and oxygen atoms in total. The molecular formula is C33H45N6O2PS. The first-order valence-electron chi connectivity index (χ1n) is 15.0. The van der Waals surface area contributed by atoms with E-state index in [9.17, 15) is 4.57 Å². The second-order valence-electron chi connectivity index (χ2n) is 12.8. The van der Waals surface area contributed by atoms with E-state index < -0.39 is 7.14 Å². The van der Waals surface area contributed by atoms with Crippen LogP contribution in [-0.2, 0) is 4.57 Å². The number of piperidine rings is 1. The van der Waals surface area contributed by atoms with Crippen LogP contribution in [0, 0.1) is 0 Å². The van der Waals surface area contributed by atoms with Crippen molar-refractivity contribution in [2.24, 2.45) is 0 Å². The molecule has 1 fully saturated rings. The largest absolute Gasteiger partial charge is 0.494 e. The second kappa shape index (κ2) is 12.5. The molecule has 230 valence electrons. The third-order valence-electron chi connectivity index (χ3n) is 8.53. The van der Waals surface area contributed by atoms with E-state index in [1.807, 2.05) is 41.8 Å². The topological polar surface area (TPSA) is 82.6 Å². The zero-order valence-electron chi connectivity index (χ0n) is 26.6. The van der Waals surface area contributed by atoms with Gasteiger partial charge in [-0.3, -0.25) is 0 Å². The maximum Gasteiger partial charge on any atom is 0.229 e. The molecule has 0 spiro atoms. The number of nitrogens with zero attached hydrogens (tertiary/aromatic N) is 4. The summed E-state index contributed by atoms with van der Waals surface area (Å²) >= 11 is 1.58. The molecule has 1 atom stereocenters. The van der Waals surface area contributed by atoms with Crippen molar-refractivity contribution in [2.45, 2.75) is 64.3 Å². The molecular weight excluding hydrogens is 575 g/mol. The van der Waals surface area contributed by atoms with Crippen LogP contribution in [0.5, 0.6) is 5.75 Å². The van der Waals surface area contributed by atoms with E-state index in [0.29, 0.717) is 17.8 Å². The summed E-state index contributed by atoms with van der Waals surface area (Å²) in [5.41, 5.74) is 3.60. The van der Waals surface area contributed by atoms with E-state index in [1.165, 1.54) is 0 Å². The monoisotopic (exact) mass is 620 g/mol. The highest BCUT2D eigenvalue weighted by Gasteiger charge is 2.42. The summed E-state index contributed by atoms with van der Waals surface area (Å²) < 4.78 is 21.4. The minimum absolute atomic E-state index is 0.00498. The predicted molar refractivity (Wildman–Crippen MR) is 184 cm³/mol. The summed E-state index contributed by atoms with van der Waals surface area (Å²) in [5.74, 6) is 1.88. The highest BCUT2D eigenvalue weighted by molar-refractivity contribution is 7.74. The average Bonchev–Trinajstić information content (AvgIpc) is 3.46. The normalized spacial score (nSPS) is 16.1. The molecule has 2 aromatic heterocycles. The lowest BCUT2D eigenvalue weighted by atomic mass is 10.0. The third-order valence-corrected chi connectivity index (χ3v) is 14.0. The quantitative estimate of drug-likeness (QED) is 0.183. The van der Waals surface area contributed by atoms with Gasteiger partial charge in [-0.15, -0.1) is 11.3 Å². The number of rotatable bonds is 9. The number of benzene rings is 2. The minimum atomic E-state index is -2.79. The number of anilines is 5. The number of aromatic nitrogens is 2. The summed E-state index contributed by atoms with van der Waals surface area (Å²) in [6, 6.07) is 16.8. The first kappa shape index (κ1) is 31.3. The fourth-order valence-electron chi connectivity index (χ4n) is 6.16. The number of para-hydroxylation sites is 1. The molecule has 10 heteroatoms. The van der Waals surface area contributed by atoms with Gasteiger partial charge in [0, 0.05) is 47.0 Å². The van der Waals surface area contributed by atoms with Gasteiger partial charge in [-0.25, -0.2) is 4.98 Å². The van der Waals surface area contributed by atoms with Crippen molar-refractivity contribution in [3.8, 4) is 5.75 Å². The number of ether oxygens (including phenoxy) is 1. The first-order valence-corrected chi connectivity index (χ1v) is 17.7. The van der Waals surface area contributed by atoms with Crippen LogP contribution in [0.4, 0.5) is 28.8 Å². The Labute approximate surface area is 260 Å². The summed E-state index contributed by atoms with van der Waals surface area (Å²) in [4.78, 5) is 14.5. The van der Waals surface area contributed by atoms with Gasteiger partial charge >= 0.3 is 0 Å². The molecule has 1 aliphatic rings. The van der Waals surface area contributed by atoms with Crippen LogP contribution in [0.25, 0.3) is 10.2 Å². The van der Waals surface area contributed by atoms with E-state index in [0.717, 1.165) is 64.3 Å². The van der Waals surface area contributed by atoms with Crippen LogP contribution >= 0.6 is 18.5 Å². The lowest BCUT2D eigenvalue weighted by Crippen LogP contribution is -2.41. The Morgan fingerprint density at radius 1 is 1.02 bits per heavy atom. The lowest BCUT2D eigenvalue weighted by Gasteiger charge is -2.36. The van der Waals surface area contributed by atoms with E-state index >= 15 is 0 Å². The fraction of sp³-hybridized carbons (Fsp3) is 0.455. The van der Waals surface area contributed by atoms with Crippen molar-refractivity contribution in [2.75, 3.05) is 49.8 Å². The number of thiophene rings is 1. The summed E-state index contributed by atoms with van der Waals surface area (Å²) in [6.07, 6.45) is 2.29. The van der Waals surface area contributed by atoms with E-state index in [4.69, 9.17) is 14.7 Å². The van der Waals surface area contributed by atoms with Crippen molar-refractivity contribution < 1.29 is 9.30 Å². The van der Waals surface area contributed by atoms with Gasteiger partial charge in [0.25, 0.3) is 0 Å². The lowest BCUT2D eigenvalue weighted by molar-refractivity contribution is 0.249. The maximum atomic E-state index is 14.6. The Morgan fingerprint density at radius 2 is 1.74 bits per heavy atom. The predicted octanol–water partition coefficient (Wildman–Crippen LogP) is 7.91. The van der Waals surface area contributed by atoms with E-state index in [1.54, 1.807) is 18.4 Å². The van der Waals surface area contributed by atoms with Gasteiger partial charge < -0.3 is 29.7 Å². The van der Waals surface area contributed by atoms with Gasteiger partial charge in [-0.1, -0.05) is 46.8 Å². The molecule has 0 saturated carbocycles. The maximum absolute atomic E-state index is 14.6. The van der Waals surface area contributed by atoms with E-state index in [2.05, 4.69) is 81.3 Å². The fourth-order valence-corrected chi connectivity index (χ4v) is 10.6. The van der Waals surface area contributed by atoms with Crippen molar-refractivity contribution in [1.82, 2.24) is 14.9 Å². The summed E-state index contributed by atoms with van der Waals surface area (Å²) in [6.45, 7) is 12.4. The molecule has 2 N–H and O–H groups in total. The number of fused-ring (bicyclic) bond motifs is 1. The molecule has 0 aliphatic carbocycles. The number of methoxy groups -OCH3 is 1. The Kier molecular flexibility index (Phi) is 9.07. The van der Waals surface area contributed by atoms with Crippen molar-refractivity contribution >= 4 is 62.8 Å². The molecule has 1 saturated heterocycles. The van der Waals surface area contributed by atoms with Crippen LogP contribution in [-0.4, -0.2) is 66.0 Å². The number of hydrogen-bond acceptors (Lipinski definition) is 9. The van der Waals surface area contributed by atoms with Gasteiger partial charge in [0.2, 0.25) is 5.95 Å². The zero-order valence-corrected chi connectivity index (χ0v) is 28.4. The van der Waals surface area contributed by atoms with E-state index in [-0.39, 0.29) is 10.8 Å². The Hall–Kier alpha value is -3.13. The molecule has 0 bridgehead atoms. The SMILES string of the molecule is COc1cc(N2CCC(N(C)C)CC2)ccc1Nc1nc(Nc2ccccc2P(=O)(C(C)C)C(C)(C)C)c2sccc2n1. The Morgan fingerprint density at radius 3 is 2.40 bits per heavy atom. The average molecular weight is 621 g/mol. The third kappa shape index (κ3) is 6.26. The molecule has 0 radical (unpaired) electrons. The Bertz CT molecular complexity index is 1620. The van der Waals surface area contributed by atoms with Crippen LogP contribution in [0.15, 0.2) is 53.9 Å². The number of nitrogens with one attached hydrogen (secondary N) is 2. The highest BCUT2D eigenvalue weighted by Crippen LogP contribution is 2.61. The van der Waals surface area contributed by atoms with Gasteiger partial charge in [0.05, 0.1) is 28.7 Å². The number of hydrogen-bond donors (Lipinski definition) is 2. The summed E-state index contributed by atoms with van der Waals surface area (Å²) in [7, 11) is 3.22. The van der Waals surface area contributed by atoms with Crippen LogP contribution in [0.3, 0.4) is 0 Å². The molecule has 1 unspecified atom stereocenters. The first-order chi connectivity index (χ1) is 20.4. The van der Waals surface area contributed by atoms with Gasteiger partial charge in [0.1, 0.15) is 12.9 Å². The minimum Gasteiger partial charge on any atom is -0.494 e.